The summed E-state index contributed by atoms with van der Waals surface area (Å²) in [6, 6.07) is 2.21. The third-order valence-corrected chi connectivity index (χ3v) is 5.97. The fourth-order valence-electron chi connectivity index (χ4n) is 4.68. The van der Waals surface area contributed by atoms with E-state index in [-0.39, 0.29) is 13.2 Å². The number of hydrogen-bond donors (Lipinski definition) is 1. The molecular formula is C21H37N4O3+. The van der Waals surface area contributed by atoms with Crippen molar-refractivity contribution in [3.63, 3.8) is 0 Å². The van der Waals surface area contributed by atoms with Crippen molar-refractivity contribution in [1.82, 2.24) is 14.3 Å². The van der Waals surface area contributed by atoms with Gasteiger partial charge in [0.05, 0.1) is 38.1 Å². The number of quaternary nitrogens is 1. The molecule has 1 N–H and O–H groups in total. The zero-order chi connectivity index (χ0) is 20.5. The van der Waals surface area contributed by atoms with E-state index in [4.69, 9.17) is 9.47 Å². The van der Waals surface area contributed by atoms with E-state index in [1.165, 1.54) is 22.5 Å². The Balaban J connectivity index is 2.12. The highest BCUT2D eigenvalue weighted by molar-refractivity contribution is 5.77. The van der Waals surface area contributed by atoms with Crippen LogP contribution in [0.1, 0.15) is 25.0 Å². The fourth-order valence-corrected chi connectivity index (χ4v) is 4.68. The number of nitrogens with zero attached hydrogens (tertiary/aromatic N) is 4. The van der Waals surface area contributed by atoms with Crippen LogP contribution in [0.5, 0.6) is 5.75 Å². The van der Waals surface area contributed by atoms with E-state index in [0.29, 0.717) is 0 Å². The number of fused-ring (bicyclic) bond motifs is 3. The van der Waals surface area contributed by atoms with Gasteiger partial charge in [0.2, 0.25) is 0 Å². The molecular weight excluding hydrogens is 356 g/mol. The van der Waals surface area contributed by atoms with Gasteiger partial charge in [-0.3, -0.25) is 14.3 Å². The molecule has 2 unspecified atom stereocenters. The molecule has 2 heterocycles. The molecule has 2 aliphatic heterocycles. The smallest absolute Gasteiger partial charge is 0.182 e. The third-order valence-electron chi connectivity index (χ3n) is 5.97. The van der Waals surface area contributed by atoms with Crippen LogP contribution in [0.2, 0.25) is 0 Å². The normalized spacial score (nSPS) is 24.0. The van der Waals surface area contributed by atoms with Gasteiger partial charge in [0.25, 0.3) is 0 Å². The van der Waals surface area contributed by atoms with Crippen molar-refractivity contribution in [2.75, 3.05) is 72.8 Å². The zero-order valence-electron chi connectivity index (χ0n) is 18.4. The summed E-state index contributed by atoms with van der Waals surface area (Å²) in [6.07, 6.45) is -0.627. The Bertz CT molecular complexity index is 699. The lowest BCUT2D eigenvalue weighted by Gasteiger charge is -2.46. The lowest BCUT2D eigenvalue weighted by atomic mass is 9.96. The second-order valence-corrected chi connectivity index (χ2v) is 8.51. The van der Waals surface area contributed by atoms with Crippen LogP contribution in [0, 0.1) is 0 Å². The highest BCUT2D eigenvalue weighted by atomic mass is 16.5. The number of aliphatic hydroxyl groups is 1. The summed E-state index contributed by atoms with van der Waals surface area (Å²) in [5, 5.41) is 10.1. The van der Waals surface area contributed by atoms with Crippen molar-refractivity contribution in [1.29, 1.82) is 0 Å². The third kappa shape index (κ3) is 4.00. The molecule has 2 atom stereocenters. The number of ether oxygens (including phenoxy) is 2. The zero-order valence-corrected chi connectivity index (χ0v) is 18.4. The first kappa shape index (κ1) is 21.3. The van der Waals surface area contributed by atoms with Crippen LogP contribution in [0.15, 0.2) is 6.07 Å². The Labute approximate surface area is 169 Å². The minimum absolute atomic E-state index is 0.242. The summed E-state index contributed by atoms with van der Waals surface area (Å²) in [5.74, 6) is 0.910. The Morgan fingerprint density at radius 1 is 1.18 bits per heavy atom. The first-order valence-electron chi connectivity index (χ1n) is 10.3. The predicted molar refractivity (Wildman–Crippen MR) is 114 cm³/mol. The van der Waals surface area contributed by atoms with Crippen LogP contribution >= 0.6 is 0 Å². The van der Waals surface area contributed by atoms with E-state index >= 15 is 0 Å². The van der Waals surface area contributed by atoms with Crippen molar-refractivity contribution in [3.8, 4) is 5.75 Å². The van der Waals surface area contributed by atoms with Crippen LogP contribution < -0.4 is 14.1 Å². The molecule has 0 radical (unpaired) electrons. The molecule has 0 spiro atoms. The van der Waals surface area contributed by atoms with Gasteiger partial charge in [0.15, 0.2) is 11.4 Å². The molecule has 158 valence electrons. The summed E-state index contributed by atoms with van der Waals surface area (Å²) >= 11 is 0. The Morgan fingerprint density at radius 2 is 1.93 bits per heavy atom. The quantitative estimate of drug-likeness (QED) is 0.711. The average molecular weight is 394 g/mol. The van der Waals surface area contributed by atoms with E-state index in [1.807, 2.05) is 0 Å². The molecule has 0 amide bonds. The van der Waals surface area contributed by atoms with Crippen LogP contribution in [-0.4, -0.2) is 88.9 Å². The summed E-state index contributed by atoms with van der Waals surface area (Å²) in [5.41, 5.74) is 5.34. The maximum atomic E-state index is 10.1. The molecule has 0 bridgehead atoms. The maximum Gasteiger partial charge on any atom is 0.182 e. The second kappa shape index (κ2) is 8.55. The van der Waals surface area contributed by atoms with Gasteiger partial charge in [0.1, 0.15) is 19.4 Å². The summed E-state index contributed by atoms with van der Waals surface area (Å²) in [7, 11) is 8.24. The number of rotatable bonds is 7. The molecule has 7 nitrogen and oxygen atoms in total. The van der Waals surface area contributed by atoms with E-state index in [9.17, 15) is 5.11 Å². The number of anilines is 1. The lowest BCUT2D eigenvalue weighted by Crippen LogP contribution is -2.55. The standard InChI is InChI=1S/C21H37N4O3/c1-7-24-14-22(3)10-16-9-19(28-13-17(26)12-27-6)21-18(20(16)24)11-23(4)15-25(21,5)8-2/h9,17,26H,7-8,10-15H2,1-6H3/q+1. The molecule has 2 aliphatic rings. The number of hydrogen-bond acceptors (Lipinski definition) is 6. The minimum Gasteiger partial charge on any atom is -0.485 e. The molecule has 0 aromatic heterocycles. The predicted octanol–water partition coefficient (Wildman–Crippen LogP) is 1.66. The van der Waals surface area contributed by atoms with Crippen molar-refractivity contribution in [2.45, 2.75) is 33.0 Å². The lowest BCUT2D eigenvalue weighted by molar-refractivity contribution is 0.0317. The van der Waals surface area contributed by atoms with Crippen LogP contribution in [0.3, 0.4) is 0 Å². The topological polar surface area (TPSA) is 48.4 Å². The molecule has 0 aliphatic carbocycles. The summed E-state index contributed by atoms with van der Waals surface area (Å²) in [4.78, 5) is 7.21. The molecule has 1 aromatic rings. The highest BCUT2D eigenvalue weighted by Gasteiger charge is 2.40. The van der Waals surface area contributed by atoms with Crippen LogP contribution in [0.25, 0.3) is 0 Å². The first-order valence-corrected chi connectivity index (χ1v) is 10.3. The van der Waals surface area contributed by atoms with E-state index in [0.717, 1.165) is 49.7 Å². The van der Waals surface area contributed by atoms with Crippen LogP contribution in [0.4, 0.5) is 11.4 Å². The molecule has 0 saturated heterocycles. The fraction of sp³-hybridized carbons (Fsp3) is 0.714. The Kier molecular flexibility index (Phi) is 6.51. The Hall–Kier alpha value is -1.38. The molecule has 1 aromatic carbocycles. The van der Waals surface area contributed by atoms with Crippen molar-refractivity contribution in [2.24, 2.45) is 0 Å². The van der Waals surface area contributed by atoms with E-state index in [2.05, 4.69) is 55.8 Å². The van der Waals surface area contributed by atoms with Gasteiger partial charge in [-0.05, 0) is 39.6 Å². The summed E-state index contributed by atoms with van der Waals surface area (Å²) in [6.45, 7) is 10.7. The van der Waals surface area contributed by atoms with Gasteiger partial charge >= 0.3 is 0 Å². The van der Waals surface area contributed by atoms with Crippen molar-refractivity contribution >= 4 is 11.4 Å². The van der Waals surface area contributed by atoms with E-state index in [1.54, 1.807) is 7.11 Å². The molecule has 3 rings (SSSR count). The SMILES string of the molecule is CCN1CN(C)Cc2cc(OCC(O)COC)c3c(c21)CN(C)C[N+]3(C)CC. The van der Waals surface area contributed by atoms with Crippen molar-refractivity contribution in [3.05, 3.63) is 17.2 Å². The molecule has 28 heavy (non-hydrogen) atoms. The van der Waals surface area contributed by atoms with Gasteiger partial charge in [-0.1, -0.05) is 0 Å². The van der Waals surface area contributed by atoms with Gasteiger partial charge in [0, 0.05) is 26.7 Å². The van der Waals surface area contributed by atoms with Crippen molar-refractivity contribution < 1.29 is 14.6 Å². The maximum absolute atomic E-state index is 10.1. The molecule has 0 fully saturated rings. The van der Waals surface area contributed by atoms with Crippen LogP contribution in [-0.2, 0) is 17.8 Å². The van der Waals surface area contributed by atoms with Gasteiger partial charge < -0.3 is 19.5 Å². The first-order chi connectivity index (χ1) is 13.3. The largest absolute Gasteiger partial charge is 0.485 e. The second-order valence-electron chi connectivity index (χ2n) is 8.51. The number of methoxy groups -OCH3 is 1. The number of aliphatic hydroxyl groups excluding tert-OH is 1. The Morgan fingerprint density at radius 3 is 2.57 bits per heavy atom. The number of benzene rings is 1. The minimum atomic E-state index is -0.627. The van der Waals surface area contributed by atoms with E-state index < -0.39 is 6.10 Å². The molecule has 0 saturated carbocycles. The average Bonchev–Trinajstić information content (AvgIpc) is 2.64. The monoisotopic (exact) mass is 393 g/mol. The highest BCUT2D eigenvalue weighted by Crippen LogP contribution is 2.48. The molecule has 7 heteroatoms. The summed E-state index contributed by atoms with van der Waals surface area (Å²) < 4.78 is 12.1. The van der Waals surface area contributed by atoms with Gasteiger partial charge in [-0.25, -0.2) is 0 Å². The van der Waals surface area contributed by atoms with Gasteiger partial charge in [-0.2, -0.15) is 0 Å². The van der Waals surface area contributed by atoms with Gasteiger partial charge in [-0.15, -0.1) is 0 Å².